The summed E-state index contributed by atoms with van der Waals surface area (Å²) in [5.74, 6) is -1.17. The van der Waals surface area contributed by atoms with Gasteiger partial charge in [-0.1, -0.05) is 0 Å². The van der Waals surface area contributed by atoms with Gasteiger partial charge in [-0.3, -0.25) is 9.89 Å². The van der Waals surface area contributed by atoms with E-state index in [-0.39, 0.29) is 10.7 Å². The molecule has 2 rings (SSSR count). The van der Waals surface area contributed by atoms with Crippen molar-refractivity contribution in [3.63, 3.8) is 0 Å². The van der Waals surface area contributed by atoms with Crippen LogP contribution in [0.5, 0.6) is 0 Å². The summed E-state index contributed by atoms with van der Waals surface area (Å²) in [6.45, 7) is 1.41. The van der Waals surface area contributed by atoms with Crippen molar-refractivity contribution in [1.82, 2.24) is 10.2 Å². The van der Waals surface area contributed by atoms with E-state index in [2.05, 4.69) is 10.2 Å². The number of nitrogens with one attached hydrogen (secondary N) is 1. The number of ketones is 1. The largest absolute Gasteiger partial charge is 0.477 e. The van der Waals surface area contributed by atoms with Crippen LogP contribution in [0.3, 0.4) is 0 Å². The van der Waals surface area contributed by atoms with Gasteiger partial charge in [-0.05, 0) is 11.4 Å². The average Bonchev–Trinajstić information content (AvgIpc) is 2.85. The minimum Gasteiger partial charge on any atom is -0.477 e. The molecule has 6 heteroatoms. The monoisotopic (exact) mass is 236 g/mol. The predicted octanol–water partition coefficient (Wildman–Crippen LogP) is 2.04. The van der Waals surface area contributed by atoms with Gasteiger partial charge in [-0.2, -0.15) is 5.10 Å². The van der Waals surface area contributed by atoms with Crippen molar-refractivity contribution in [2.45, 2.75) is 6.92 Å². The molecular formula is C10H8N2O3S. The molecule has 0 saturated carbocycles. The van der Waals surface area contributed by atoms with Crippen LogP contribution in [-0.4, -0.2) is 27.1 Å². The maximum absolute atomic E-state index is 11.3. The number of H-pyrrole nitrogens is 1. The first kappa shape index (κ1) is 10.6. The summed E-state index contributed by atoms with van der Waals surface area (Å²) >= 11 is 1.12. The summed E-state index contributed by atoms with van der Waals surface area (Å²) in [5, 5.41) is 17.0. The van der Waals surface area contributed by atoms with E-state index in [1.165, 1.54) is 13.1 Å². The molecule has 0 aliphatic carbocycles. The van der Waals surface area contributed by atoms with E-state index in [1.54, 1.807) is 11.4 Å². The summed E-state index contributed by atoms with van der Waals surface area (Å²) in [7, 11) is 0. The smallest absolute Gasteiger partial charge is 0.346 e. The molecule has 2 aromatic rings. The molecule has 0 spiro atoms. The molecule has 0 amide bonds. The summed E-state index contributed by atoms with van der Waals surface area (Å²) < 4.78 is 0. The Labute approximate surface area is 94.7 Å². The van der Waals surface area contributed by atoms with Crippen LogP contribution >= 0.6 is 11.3 Å². The SMILES string of the molecule is CC(=O)c1[nH]ncc1-c1ccsc1C(=O)O. The molecule has 82 valence electrons. The number of carboxylic acids is 1. The number of hydrogen-bond acceptors (Lipinski definition) is 4. The molecule has 0 aliphatic rings. The number of Topliss-reactive ketones (excluding diaryl/α,β-unsaturated/α-hetero) is 1. The Morgan fingerprint density at radius 2 is 2.19 bits per heavy atom. The first-order valence-electron chi connectivity index (χ1n) is 4.46. The summed E-state index contributed by atoms with van der Waals surface area (Å²) in [5.41, 5.74) is 1.39. The van der Waals surface area contributed by atoms with E-state index >= 15 is 0 Å². The summed E-state index contributed by atoms with van der Waals surface area (Å²) in [4.78, 5) is 22.5. The lowest BCUT2D eigenvalue weighted by molar-refractivity contribution is 0.0702. The number of carboxylic acid groups (broad SMARTS) is 1. The molecule has 0 saturated heterocycles. The molecule has 0 aliphatic heterocycles. The maximum Gasteiger partial charge on any atom is 0.346 e. The summed E-state index contributed by atoms with van der Waals surface area (Å²) in [6.07, 6.45) is 1.46. The molecule has 2 aromatic heterocycles. The molecular weight excluding hydrogens is 228 g/mol. The number of rotatable bonds is 3. The fourth-order valence-corrected chi connectivity index (χ4v) is 2.19. The van der Waals surface area contributed by atoms with E-state index in [0.29, 0.717) is 16.8 Å². The van der Waals surface area contributed by atoms with Gasteiger partial charge in [0.2, 0.25) is 0 Å². The van der Waals surface area contributed by atoms with E-state index in [0.717, 1.165) is 11.3 Å². The van der Waals surface area contributed by atoms with Crippen LogP contribution in [0.1, 0.15) is 27.1 Å². The van der Waals surface area contributed by atoms with Crippen molar-refractivity contribution in [1.29, 1.82) is 0 Å². The van der Waals surface area contributed by atoms with Crippen molar-refractivity contribution in [2.24, 2.45) is 0 Å². The van der Waals surface area contributed by atoms with Gasteiger partial charge < -0.3 is 5.11 Å². The molecule has 16 heavy (non-hydrogen) atoms. The minimum atomic E-state index is -0.999. The quantitative estimate of drug-likeness (QED) is 0.799. The van der Waals surface area contributed by atoms with Crippen LogP contribution in [0.25, 0.3) is 11.1 Å². The number of carbonyl (C=O) groups excluding carboxylic acids is 1. The topological polar surface area (TPSA) is 83.0 Å². The highest BCUT2D eigenvalue weighted by Gasteiger charge is 2.18. The lowest BCUT2D eigenvalue weighted by atomic mass is 10.1. The van der Waals surface area contributed by atoms with Crippen molar-refractivity contribution in [3.8, 4) is 11.1 Å². The Balaban J connectivity index is 2.59. The fraction of sp³-hybridized carbons (Fsp3) is 0.100. The number of aromatic carboxylic acids is 1. The van der Waals surface area contributed by atoms with E-state index in [9.17, 15) is 9.59 Å². The number of aromatic nitrogens is 2. The lowest BCUT2D eigenvalue weighted by Gasteiger charge is -1.98. The molecule has 0 aromatic carbocycles. The highest BCUT2D eigenvalue weighted by Crippen LogP contribution is 2.30. The average molecular weight is 236 g/mol. The lowest BCUT2D eigenvalue weighted by Crippen LogP contribution is -1.98. The van der Waals surface area contributed by atoms with Crippen LogP contribution < -0.4 is 0 Å². The standard InChI is InChI=1S/C10H8N2O3S/c1-5(13)8-7(4-11-12-8)6-2-3-16-9(6)10(14)15/h2-4H,1H3,(H,11,12)(H,14,15). The number of aromatic amines is 1. The molecule has 0 radical (unpaired) electrons. The zero-order valence-corrected chi connectivity index (χ0v) is 9.17. The van der Waals surface area contributed by atoms with Crippen molar-refractivity contribution in [2.75, 3.05) is 0 Å². The van der Waals surface area contributed by atoms with Crippen LogP contribution in [-0.2, 0) is 0 Å². The maximum atomic E-state index is 11.3. The Hall–Kier alpha value is -1.95. The highest BCUT2D eigenvalue weighted by atomic mass is 32.1. The van der Waals surface area contributed by atoms with Crippen molar-refractivity contribution >= 4 is 23.1 Å². The van der Waals surface area contributed by atoms with Gasteiger partial charge in [0.1, 0.15) is 10.6 Å². The van der Waals surface area contributed by atoms with E-state index in [4.69, 9.17) is 5.11 Å². The first-order chi connectivity index (χ1) is 7.61. The third-order valence-corrected chi connectivity index (χ3v) is 3.04. The second kappa shape index (κ2) is 3.90. The number of carbonyl (C=O) groups is 2. The van der Waals surface area contributed by atoms with E-state index in [1.807, 2.05) is 0 Å². The van der Waals surface area contributed by atoms with Crippen LogP contribution in [0.2, 0.25) is 0 Å². The van der Waals surface area contributed by atoms with Gasteiger partial charge in [0.25, 0.3) is 0 Å². The van der Waals surface area contributed by atoms with Gasteiger partial charge in [0.15, 0.2) is 5.78 Å². The first-order valence-corrected chi connectivity index (χ1v) is 5.34. The zero-order chi connectivity index (χ0) is 11.7. The Kier molecular flexibility index (Phi) is 2.57. The predicted molar refractivity (Wildman–Crippen MR) is 58.9 cm³/mol. The van der Waals surface area contributed by atoms with Crippen LogP contribution in [0.15, 0.2) is 17.6 Å². The number of nitrogens with zero attached hydrogens (tertiary/aromatic N) is 1. The van der Waals surface area contributed by atoms with Crippen LogP contribution in [0, 0.1) is 0 Å². The van der Waals surface area contributed by atoms with Crippen LogP contribution in [0.4, 0.5) is 0 Å². The Bertz CT molecular complexity index is 506. The van der Waals surface area contributed by atoms with Crippen molar-refractivity contribution < 1.29 is 14.7 Å². The zero-order valence-electron chi connectivity index (χ0n) is 8.35. The molecule has 0 atom stereocenters. The Morgan fingerprint density at radius 1 is 1.44 bits per heavy atom. The minimum absolute atomic E-state index is 0.171. The molecule has 2 N–H and O–H groups in total. The van der Waals surface area contributed by atoms with Gasteiger partial charge in [-0.25, -0.2) is 4.79 Å². The van der Waals surface area contributed by atoms with Gasteiger partial charge in [0.05, 0.1) is 6.20 Å². The second-order valence-corrected chi connectivity index (χ2v) is 4.10. The second-order valence-electron chi connectivity index (χ2n) is 3.18. The van der Waals surface area contributed by atoms with Crippen molar-refractivity contribution in [3.05, 3.63) is 28.2 Å². The van der Waals surface area contributed by atoms with Gasteiger partial charge >= 0.3 is 5.97 Å². The number of hydrogen-bond donors (Lipinski definition) is 2. The molecule has 0 unspecified atom stereocenters. The molecule has 5 nitrogen and oxygen atoms in total. The molecule has 0 bridgehead atoms. The fourth-order valence-electron chi connectivity index (χ4n) is 1.45. The van der Waals surface area contributed by atoms with Gasteiger partial charge in [-0.15, -0.1) is 11.3 Å². The summed E-state index contributed by atoms with van der Waals surface area (Å²) in [6, 6.07) is 1.67. The molecule has 2 heterocycles. The highest BCUT2D eigenvalue weighted by molar-refractivity contribution is 7.12. The third-order valence-electron chi connectivity index (χ3n) is 2.14. The van der Waals surface area contributed by atoms with Gasteiger partial charge in [0, 0.05) is 18.1 Å². The Morgan fingerprint density at radius 3 is 2.81 bits per heavy atom. The normalized spacial score (nSPS) is 10.3. The number of thiophene rings is 1. The molecule has 0 fully saturated rings. The van der Waals surface area contributed by atoms with E-state index < -0.39 is 5.97 Å². The third kappa shape index (κ3) is 1.63.